The number of rotatable bonds is 2. The summed E-state index contributed by atoms with van der Waals surface area (Å²) in [4.78, 5) is 14.4. The van der Waals surface area contributed by atoms with E-state index < -0.39 is 0 Å². The van der Waals surface area contributed by atoms with Crippen LogP contribution >= 0.6 is 15.9 Å². The van der Waals surface area contributed by atoms with E-state index >= 15 is 0 Å². The molecule has 0 radical (unpaired) electrons. The van der Waals surface area contributed by atoms with Crippen molar-refractivity contribution in [2.45, 2.75) is 26.2 Å². The Morgan fingerprint density at radius 3 is 2.67 bits per heavy atom. The molecule has 0 saturated heterocycles. The Bertz CT molecular complexity index is 723. The highest BCUT2D eigenvalue weighted by Crippen LogP contribution is 2.40. The third-order valence-electron chi connectivity index (χ3n) is 4.28. The van der Waals surface area contributed by atoms with Crippen LogP contribution in [0, 0.1) is 13.8 Å². The zero-order valence-corrected chi connectivity index (χ0v) is 14.1. The third kappa shape index (κ3) is 2.51. The van der Waals surface area contributed by atoms with Gasteiger partial charge in [-0.15, -0.1) is 0 Å². The molecular weight excluding hydrogens is 326 g/mol. The van der Waals surface area contributed by atoms with E-state index in [2.05, 4.69) is 54.0 Å². The maximum absolute atomic E-state index is 12.6. The van der Waals surface area contributed by atoms with Gasteiger partial charge in [0, 0.05) is 17.2 Å². The first-order valence-electron chi connectivity index (χ1n) is 7.10. The molecule has 1 aliphatic rings. The highest BCUT2D eigenvalue weighted by atomic mass is 79.9. The first-order valence-corrected chi connectivity index (χ1v) is 7.90. The zero-order valence-electron chi connectivity index (χ0n) is 12.5. The van der Waals surface area contributed by atoms with Gasteiger partial charge in [-0.2, -0.15) is 0 Å². The van der Waals surface area contributed by atoms with Crippen molar-refractivity contribution in [3.05, 3.63) is 63.1 Å². The number of anilines is 1. The predicted octanol–water partition coefficient (Wildman–Crippen LogP) is 4.37. The molecule has 0 N–H and O–H groups in total. The normalized spacial score (nSPS) is 17.2. The number of carbonyl (C=O) groups is 1. The number of fused-ring (bicyclic) bond motifs is 1. The lowest BCUT2D eigenvalue weighted by atomic mass is 9.90. The van der Waals surface area contributed by atoms with Crippen LogP contribution in [0.1, 0.15) is 28.2 Å². The molecule has 0 aliphatic carbocycles. The molecule has 2 nitrogen and oxygen atoms in total. The SMILES string of the molecule is Cc1ccc(C)c(C[C@@H]2C(=O)N(C)c3ccc(Br)cc32)c1. The van der Waals surface area contributed by atoms with Gasteiger partial charge in [0.25, 0.3) is 0 Å². The maximum Gasteiger partial charge on any atom is 0.234 e. The fourth-order valence-corrected chi connectivity index (χ4v) is 3.41. The van der Waals surface area contributed by atoms with E-state index in [1.54, 1.807) is 4.90 Å². The molecule has 1 amide bonds. The zero-order chi connectivity index (χ0) is 15.1. The second-order valence-corrected chi connectivity index (χ2v) is 6.70. The highest BCUT2D eigenvalue weighted by molar-refractivity contribution is 9.10. The molecule has 108 valence electrons. The van der Waals surface area contributed by atoms with Crippen molar-refractivity contribution in [1.82, 2.24) is 0 Å². The maximum atomic E-state index is 12.6. The molecule has 1 atom stereocenters. The average molecular weight is 344 g/mol. The molecular formula is C18H18BrNO. The van der Waals surface area contributed by atoms with Crippen molar-refractivity contribution in [1.29, 1.82) is 0 Å². The smallest absolute Gasteiger partial charge is 0.234 e. The van der Waals surface area contributed by atoms with Crippen molar-refractivity contribution >= 4 is 27.5 Å². The van der Waals surface area contributed by atoms with E-state index in [0.29, 0.717) is 0 Å². The molecule has 0 saturated carbocycles. The van der Waals surface area contributed by atoms with Gasteiger partial charge in [0.2, 0.25) is 5.91 Å². The molecule has 3 rings (SSSR count). The Labute approximate surface area is 133 Å². The second-order valence-electron chi connectivity index (χ2n) is 5.79. The predicted molar refractivity (Wildman–Crippen MR) is 89.9 cm³/mol. The van der Waals surface area contributed by atoms with Crippen molar-refractivity contribution in [2.24, 2.45) is 0 Å². The van der Waals surface area contributed by atoms with E-state index in [4.69, 9.17) is 0 Å². The quantitative estimate of drug-likeness (QED) is 0.792. The van der Waals surface area contributed by atoms with Crippen molar-refractivity contribution in [2.75, 3.05) is 11.9 Å². The summed E-state index contributed by atoms with van der Waals surface area (Å²) >= 11 is 3.51. The number of halogens is 1. The fourth-order valence-electron chi connectivity index (χ4n) is 3.03. The summed E-state index contributed by atoms with van der Waals surface area (Å²) in [5.41, 5.74) is 5.90. The van der Waals surface area contributed by atoms with Gasteiger partial charge in [-0.05, 0) is 55.2 Å². The van der Waals surface area contributed by atoms with Crippen LogP contribution in [0.5, 0.6) is 0 Å². The van der Waals surface area contributed by atoms with Crippen LogP contribution < -0.4 is 4.90 Å². The Morgan fingerprint density at radius 1 is 1.14 bits per heavy atom. The Balaban J connectivity index is 2.02. The van der Waals surface area contributed by atoms with E-state index in [-0.39, 0.29) is 11.8 Å². The van der Waals surface area contributed by atoms with Crippen LogP contribution in [0.15, 0.2) is 40.9 Å². The van der Waals surface area contributed by atoms with Crippen LogP contribution in [0.2, 0.25) is 0 Å². The monoisotopic (exact) mass is 343 g/mol. The first-order chi connectivity index (χ1) is 9.97. The Morgan fingerprint density at radius 2 is 1.90 bits per heavy atom. The molecule has 0 bridgehead atoms. The number of hydrogen-bond donors (Lipinski definition) is 0. The number of nitrogens with zero attached hydrogens (tertiary/aromatic N) is 1. The summed E-state index contributed by atoms with van der Waals surface area (Å²) in [6.07, 6.45) is 0.764. The lowest BCUT2D eigenvalue weighted by molar-refractivity contribution is -0.119. The lowest BCUT2D eigenvalue weighted by Crippen LogP contribution is -2.25. The number of carbonyl (C=O) groups excluding carboxylic acids is 1. The molecule has 3 heteroatoms. The molecule has 2 aromatic carbocycles. The molecule has 0 aromatic heterocycles. The number of hydrogen-bond acceptors (Lipinski definition) is 1. The summed E-state index contributed by atoms with van der Waals surface area (Å²) in [5, 5.41) is 0. The van der Waals surface area contributed by atoms with Crippen LogP contribution in [-0.4, -0.2) is 13.0 Å². The standard InChI is InChI=1S/C18H18BrNO/c1-11-4-5-12(2)13(8-11)9-16-15-10-14(19)6-7-17(15)20(3)18(16)21/h4-8,10,16H,9H2,1-3H3/t16-/m0/s1. The molecule has 21 heavy (non-hydrogen) atoms. The first kappa shape index (κ1) is 14.3. The highest BCUT2D eigenvalue weighted by Gasteiger charge is 2.35. The molecule has 2 aromatic rings. The van der Waals surface area contributed by atoms with Crippen molar-refractivity contribution in [3.63, 3.8) is 0 Å². The minimum absolute atomic E-state index is 0.0806. The average Bonchev–Trinajstić information content (AvgIpc) is 2.67. The van der Waals surface area contributed by atoms with Crippen molar-refractivity contribution in [3.8, 4) is 0 Å². The topological polar surface area (TPSA) is 20.3 Å². The minimum atomic E-state index is -0.0806. The molecule has 0 spiro atoms. The second kappa shape index (κ2) is 5.30. The minimum Gasteiger partial charge on any atom is -0.315 e. The van der Waals surface area contributed by atoms with E-state index in [9.17, 15) is 4.79 Å². The molecule has 1 heterocycles. The lowest BCUT2D eigenvalue weighted by Gasteiger charge is -2.13. The van der Waals surface area contributed by atoms with Crippen LogP contribution in [0.25, 0.3) is 0 Å². The Kier molecular flexibility index (Phi) is 3.62. The largest absolute Gasteiger partial charge is 0.315 e. The molecule has 0 unspecified atom stereocenters. The molecule has 0 fully saturated rings. The van der Waals surface area contributed by atoms with Gasteiger partial charge in [-0.3, -0.25) is 4.79 Å². The summed E-state index contributed by atoms with van der Waals surface area (Å²) in [6.45, 7) is 4.20. The van der Waals surface area contributed by atoms with Crippen LogP contribution in [0.4, 0.5) is 5.69 Å². The van der Waals surface area contributed by atoms with Gasteiger partial charge in [0.15, 0.2) is 0 Å². The number of aryl methyl sites for hydroxylation is 2. The Hall–Kier alpha value is -1.61. The van der Waals surface area contributed by atoms with E-state index in [1.165, 1.54) is 16.7 Å². The summed E-state index contributed by atoms with van der Waals surface area (Å²) < 4.78 is 1.02. The van der Waals surface area contributed by atoms with E-state index in [1.807, 2.05) is 19.2 Å². The molecule has 1 aliphatic heterocycles. The third-order valence-corrected chi connectivity index (χ3v) is 4.78. The van der Waals surface area contributed by atoms with Crippen LogP contribution in [-0.2, 0) is 11.2 Å². The number of likely N-dealkylation sites (N-methyl/N-ethyl adjacent to an activating group) is 1. The van der Waals surface area contributed by atoms with Gasteiger partial charge in [-0.25, -0.2) is 0 Å². The summed E-state index contributed by atoms with van der Waals surface area (Å²) in [6, 6.07) is 12.5. The van der Waals surface area contributed by atoms with Gasteiger partial charge < -0.3 is 4.90 Å². The van der Waals surface area contributed by atoms with Gasteiger partial charge in [0.05, 0.1) is 5.92 Å². The van der Waals surface area contributed by atoms with Crippen molar-refractivity contribution < 1.29 is 4.79 Å². The number of amides is 1. The summed E-state index contributed by atoms with van der Waals surface area (Å²) in [5.74, 6) is 0.104. The van der Waals surface area contributed by atoms with E-state index in [0.717, 1.165) is 22.1 Å². The summed E-state index contributed by atoms with van der Waals surface area (Å²) in [7, 11) is 1.86. The van der Waals surface area contributed by atoms with Gasteiger partial charge in [-0.1, -0.05) is 39.7 Å². The van der Waals surface area contributed by atoms with Gasteiger partial charge >= 0.3 is 0 Å². The number of benzene rings is 2. The van der Waals surface area contributed by atoms with Crippen LogP contribution in [0.3, 0.4) is 0 Å². The van der Waals surface area contributed by atoms with Gasteiger partial charge in [0.1, 0.15) is 0 Å². The fraction of sp³-hybridized carbons (Fsp3) is 0.278.